The molecule has 2 heterocycles. The molecule has 0 N–H and O–H groups in total. The summed E-state index contributed by atoms with van der Waals surface area (Å²) < 4.78 is 11.7. The highest BCUT2D eigenvalue weighted by atomic mass is 16.7. The maximum absolute atomic E-state index is 5.87. The highest BCUT2D eigenvalue weighted by Gasteiger charge is 2.41. The molecule has 3 nitrogen and oxygen atoms in total. The highest BCUT2D eigenvalue weighted by Crippen LogP contribution is 2.37. The Labute approximate surface area is 137 Å². The van der Waals surface area contributed by atoms with Crippen LogP contribution in [0.3, 0.4) is 0 Å². The van der Waals surface area contributed by atoms with Crippen molar-refractivity contribution in [3.63, 3.8) is 0 Å². The molecule has 2 aliphatic rings. The summed E-state index contributed by atoms with van der Waals surface area (Å²) in [5, 5.41) is 0. The zero-order valence-electron chi connectivity index (χ0n) is 13.4. The summed E-state index contributed by atoms with van der Waals surface area (Å²) in [6, 6.07) is 21.9. The molecule has 2 aliphatic heterocycles. The summed E-state index contributed by atoms with van der Waals surface area (Å²) in [5.41, 5.74) is 2.70. The van der Waals surface area contributed by atoms with Gasteiger partial charge in [-0.15, -0.1) is 0 Å². The first-order valence-corrected chi connectivity index (χ1v) is 8.48. The van der Waals surface area contributed by atoms with Crippen molar-refractivity contribution in [2.24, 2.45) is 0 Å². The molecular weight excluding hydrogens is 286 g/mol. The number of likely N-dealkylation sites (tertiary alicyclic amines) is 1. The van der Waals surface area contributed by atoms with E-state index in [2.05, 4.69) is 65.6 Å². The first-order chi connectivity index (χ1) is 11.4. The van der Waals surface area contributed by atoms with Crippen LogP contribution in [0.2, 0.25) is 0 Å². The molecule has 23 heavy (non-hydrogen) atoms. The fraction of sp³-hybridized carbons (Fsp3) is 0.400. The van der Waals surface area contributed by atoms with Crippen molar-refractivity contribution < 1.29 is 9.47 Å². The van der Waals surface area contributed by atoms with Gasteiger partial charge in [-0.3, -0.25) is 4.90 Å². The lowest BCUT2D eigenvalue weighted by Gasteiger charge is -2.41. The molecule has 0 unspecified atom stereocenters. The Morgan fingerprint density at radius 1 is 0.739 bits per heavy atom. The number of ether oxygens (including phenoxy) is 2. The molecule has 2 aromatic rings. The Morgan fingerprint density at radius 2 is 1.22 bits per heavy atom. The van der Waals surface area contributed by atoms with Crippen LogP contribution in [-0.2, 0) is 9.47 Å². The van der Waals surface area contributed by atoms with Crippen molar-refractivity contribution in [2.45, 2.75) is 24.7 Å². The van der Waals surface area contributed by atoms with Gasteiger partial charge in [0.25, 0.3) is 0 Å². The molecular formula is C20H23NO2. The number of benzene rings is 2. The third-order valence-corrected chi connectivity index (χ3v) is 4.97. The lowest BCUT2D eigenvalue weighted by molar-refractivity contribution is -0.187. The Balaban J connectivity index is 1.59. The van der Waals surface area contributed by atoms with Gasteiger partial charge in [-0.2, -0.15) is 0 Å². The summed E-state index contributed by atoms with van der Waals surface area (Å²) in [6.45, 7) is 3.46. The molecule has 2 saturated heterocycles. The molecule has 0 amide bonds. The zero-order valence-corrected chi connectivity index (χ0v) is 13.4. The molecule has 0 saturated carbocycles. The van der Waals surface area contributed by atoms with Gasteiger partial charge in [-0.05, 0) is 11.1 Å². The van der Waals surface area contributed by atoms with Gasteiger partial charge in [0.05, 0.1) is 19.3 Å². The Morgan fingerprint density at radius 3 is 1.70 bits per heavy atom. The monoisotopic (exact) mass is 309 g/mol. The standard InChI is InChI=1S/C20H23NO2/c1-3-7-17(8-4-1)19(18-9-5-2-6-10-18)21-13-11-20(12-14-21)22-15-16-23-20/h1-10,19H,11-16H2. The zero-order chi connectivity index (χ0) is 15.5. The molecule has 0 atom stereocenters. The van der Waals surface area contributed by atoms with Gasteiger partial charge in [-0.25, -0.2) is 0 Å². The van der Waals surface area contributed by atoms with Crippen molar-refractivity contribution in [3.05, 3.63) is 71.8 Å². The lowest BCUT2D eigenvalue weighted by Crippen LogP contribution is -2.46. The second-order valence-electron chi connectivity index (χ2n) is 6.37. The van der Waals surface area contributed by atoms with Gasteiger partial charge in [0, 0.05) is 25.9 Å². The summed E-state index contributed by atoms with van der Waals surface area (Å²) >= 11 is 0. The normalized spacial score (nSPS) is 21.1. The van der Waals surface area contributed by atoms with E-state index in [4.69, 9.17) is 9.47 Å². The second kappa shape index (κ2) is 6.44. The smallest absolute Gasteiger partial charge is 0.170 e. The molecule has 0 aliphatic carbocycles. The van der Waals surface area contributed by atoms with Gasteiger partial charge in [0.15, 0.2) is 5.79 Å². The Hall–Kier alpha value is -1.68. The van der Waals surface area contributed by atoms with Crippen molar-refractivity contribution in [1.29, 1.82) is 0 Å². The third kappa shape index (κ3) is 3.05. The first-order valence-electron chi connectivity index (χ1n) is 8.48. The van der Waals surface area contributed by atoms with Crippen LogP contribution >= 0.6 is 0 Å². The van der Waals surface area contributed by atoms with Crippen molar-refractivity contribution >= 4 is 0 Å². The molecule has 4 rings (SSSR count). The van der Waals surface area contributed by atoms with Crippen LogP contribution in [0.15, 0.2) is 60.7 Å². The van der Waals surface area contributed by atoms with E-state index in [1.165, 1.54) is 11.1 Å². The highest BCUT2D eigenvalue weighted by molar-refractivity contribution is 5.32. The summed E-state index contributed by atoms with van der Waals surface area (Å²) in [4.78, 5) is 2.56. The van der Waals surface area contributed by atoms with Crippen LogP contribution in [0.1, 0.15) is 30.0 Å². The van der Waals surface area contributed by atoms with Crippen LogP contribution in [-0.4, -0.2) is 37.0 Å². The molecule has 0 bridgehead atoms. The molecule has 1 spiro atoms. The van der Waals surface area contributed by atoms with E-state index in [0.29, 0.717) is 6.04 Å². The van der Waals surface area contributed by atoms with E-state index in [1.54, 1.807) is 0 Å². The quantitative estimate of drug-likeness (QED) is 0.864. The van der Waals surface area contributed by atoms with Gasteiger partial charge in [0.1, 0.15) is 0 Å². The summed E-state index contributed by atoms with van der Waals surface area (Å²) in [7, 11) is 0. The van der Waals surface area contributed by atoms with Gasteiger partial charge < -0.3 is 9.47 Å². The first kappa shape index (κ1) is 14.9. The molecule has 3 heteroatoms. The predicted molar refractivity (Wildman–Crippen MR) is 90.2 cm³/mol. The number of piperidine rings is 1. The second-order valence-corrected chi connectivity index (χ2v) is 6.37. The SMILES string of the molecule is c1ccc(C(c2ccccc2)N2CCC3(CC2)OCCO3)cc1. The Bertz CT molecular complexity index is 573. The van der Waals surface area contributed by atoms with E-state index in [9.17, 15) is 0 Å². The van der Waals surface area contributed by atoms with Crippen LogP contribution in [0.4, 0.5) is 0 Å². The predicted octanol–water partition coefficient (Wildman–Crippen LogP) is 3.61. The molecule has 0 radical (unpaired) electrons. The fourth-order valence-electron chi connectivity index (χ4n) is 3.79. The summed E-state index contributed by atoms with van der Waals surface area (Å²) in [6.07, 6.45) is 1.90. The van der Waals surface area contributed by atoms with Crippen molar-refractivity contribution in [1.82, 2.24) is 4.90 Å². The number of hydrogen-bond donors (Lipinski definition) is 0. The van der Waals surface area contributed by atoms with E-state index in [1.807, 2.05) is 0 Å². The van der Waals surface area contributed by atoms with E-state index in [0.717, 1.165) is 39.1 Å². The Kier molecular flexibility index (Phi) is 4.17. The van der Waals surface area contributed by atoms with Crippen molar-refractivity contribution in [2.75, 3.05) is 26.3 Å². The summed E-state index contributed by atoms with van der Waals surface area (Å²) in [5.74, 6) is -0.311. The fourth-order valence-corrected chi connectivity index (χ4v) is 3.79. The topological polar surface area (TPSA) is 21.7 Å². The molecule has 2 aromatic carbocycles. The van der Waals surface area contributed by atoms with Crippen molar-refractivity contribution in [3.8, 4) is 0 Å². The van der Waals surface area contributed by atoms with E-state index in [-0.39, 0.29) is 5.79 Å². The van der Waals surface area contributed by atoms with Gasteiger partial charge in [0.2, 0.25) is 0 Å². The minimum Gasteiger partial charge on any atom is -0.347 e. The number of nitrogens with zero attached hydrogens (tertiary/aromatic N) is 1. The maximum atomic E-state index is 5.87. The molecule has 0 aromatic heterocycles. The largest absolute Gasteiger partial charge is 0.347 e. The van der Waals surface area contributed by atoms with Crippen LogP contribution < -0.4 is 0 Å². The van der Waals surface area contributed by atoms with Gasteiger partial charge in [-0.1, -0.05) is 60.7 Å². The molecule has 2 fully saturated rings. The minimum absolute atomic E-state index is 0.302. The van der Waals surface area contributed by atoms with Crippen LogP contribution in [0.25, 0.3) is 0 Å². The van der Waals surface area contributed by atoms with Crippen LogP contribution in [0, 0.1) is 0 Å². The molecule has 120 valence electrons. The lowest BCUT2D eigenvalue weighted by atomic mass is 9.93. The average Bonchev–Trinajstić information content (AvgIpc) is 3.07. The number of hydrogen-bond acceptors (Lipinski definition) is 3. The number of rotatable bonds is 3. The van der Waals surface area contributed by atoms with Crippen LogP contribution in [0.5, 0.6) is 0 Å². The van der Waals surface area contributed by atoms with Gasteiger partial charge >= 0.3 is 0 Å². The van der Waals surface area contributed by atoms with E-state index >= 15 is 0 Å². The maximum Gasteiger partial charge on any atom is 0.170 e. The minimum atomic E-state index is -0.311. The average molecular weight is 309 g/mol. The van der Waals surface area contributed by atoms with E-state index < -0.39 is 0 Å². The third-order valence-electron chi connectivity index (χ3n) is 4.97.